The number of primary amides is 1. The van der Waals surface area contributed by atoms with Crippen molar-refractivity contribution >= 4 is 11.7 Å². The molecule has 0 aliphatic carbocycles. The van der Waals surface area contributed by atoms with Crippen molar-refractivity contribution < 1.29 is 9.18 Å². The normalized spacial score (nSPS) is 10.3. The van der Waals surface area contributed by atoms with E-state index in [1.54, 1.807) is 6.07 Å². The molecule has 2 amide bonds. The summed E-state index contributed by atoms with van der Waals surface area (Å²) in [7, 11) is 0. The molecule has 0 heterocycles. The fraction of sp³-hybridized carbons (Fsp3) is 0.188. The molecule has 0 spiro atoms. The SMILES string of the molecule is CCCc1ccc(-c2ccc(NC(N)=O)c(F)c2)cc1. The zero-order valence-corrected chi connectivity index (χ0v) is 11.3. The number of rotatable bonds is 4. The van der Waals surface area contributed by atoms with Crippen LogP contribution in [-0.4, -0.2) is 6.03 Å². The number of hydrogen-bond acceptors (Lipinski definition) is 1. The maximum atomic E-state index is 13.8. The first-order valence-electron chi connectivity index (χ1n) is 6.55. The molecule has 0 aliphatic heterocycles. The lowest BCUT2D eigenvalue weighted by Gasteiger charge is -2.07. The van der Waals surface area contributed by atoms with Crippen LogP contribution >= 0.6 is 0 Å². The summed E-state index contributed by atoms with van der Waals surface area (Å²) in [6.45, 7) is 2.13. The summed E-state index contributed by atoms with van der Waals surface area (Å²) in [6, 6.07) is 11.9. The first-order valence-corrected chi connectivity index (χ1v) is 6.55. The van der Waals surface area contributed by atoms with Gasteiger partial charge in [-0.05, 0) is 35.2 Å². The van der Waals surface area contributed by atoms with E-state index in [1.165, 1.54) is 17.7 Å². The van der Waals surface area contributed by atoms with Crippen LogP contribution < -0.4 is 11.1 Å². The van der Waals surface area contributed by atoms with Gasteiger partial charge in [-0.2, -0.15) is 0 Å². The molecule has 0 aromatic heterocycles. The standard InChI is InChI=1S/C16H17FN2O/c1-2-3-11-4-6-12(7-5-11)13-8-9-15(14(17)10-13)19-16(18)20/h4-10H,2-3H2,1H3,(H3,18,19,20). The van der Waals surface area contributed by atoms with E-state index in [4.69, 9.17) is 5.73 Å². The second-order valence-electron chi connectivity index (χ2n) is 4.63. The Labute approximate surface area is 117 Å². The minimum absolute atomic E-state index is 0.0869. The van der Waals surface area contributed by atoms with Gasteiger partial charge in [0, 0.05) is 0 Å². The number of benzene rings is 2. The third-order valence-corrected chi connectivity index (χ3v) is 3.05. The number of amides is 2. The molecule has 0 unspecified atom stereocenters. The zero-order chi connectivity index (χ0) is 14.5. The van der Waals surface area contributed by atoms with Crippen LogP contribution in [0.2, 0.25) is 0 Å². The topological polar surface area (TPSA) is 55.1 Å². The molecule has 0 fully saturated rings. The quantitative estimate of drug-likeness (QED) is 0.870. The average molecular weight is 272 g/mol. The van der Waals surface area contributed by atoms with Crippen LogP contribution in [0.25, 0.3) is 11.1 Å². The minimum Gasteiger partial charge on any atom is -0.351 e. The van der Waals surface area contributed by atoms with Gasteiger partial charge in [0.05, 0.1) is 5.69 Å². The molecule has 3 nitrogen and oxygen atoms in total. The maximum Gasteiger partial charge on any atom is 0.316 e. The monoisotopic (exact) mass is 272 g/mol. The Morgan fingerprint density at radius 2 is 1.80 bits per heavy atom. The van der Waals surface area contributed by atoms with Crippen molar-refractivity contribution in [3.05, 3.63) is 53.8 Å². The van der Waals surface area contributed by atoms with Gasteiger partial charge in [0.25, 0.3) is 0 Å². The predicted molar refractivity (Wildman–Crippen MR) is 79.0 cm³/mol. The number of nitrogens with one attached hydrogen (secondary N) is 1. The molecule has 2 aromatic carbocycles. The molecule has 20 heavy (non-hydrogen) atoms. The number of carbonyl (C=O) groups excluding carboxylic acids is 1. The molecule has 2 rings (SSSR count). The van der Waals surface area contributed by atoms with Gasteiger partial charge in [-0.25, -0.2) is 9.18 Å². The second kappa shape index (κ2) is 6.19. The highest BCUT2D eigenvalue weighted by atomic mass is 19.1. The van der Waals surface area contributed by atoms with Gasteiger partial charge in [-0.1, -0.05) is 43.7 Å². The number of carbonyl (C=O) groups is 1. The van der Waals surface area contributed by atoms with Crippen LogP contribution in [0.1, 0.15) is 18.9 Å². The van der Waals surface area contributed by atoms with Crippen LogP contribution in [0.4, 0.5) is 14.9 Å². The Bertz CT molecular complexity index is 608. The van der Waals surface area contributed by atoms with Crippen molar-refractivity contribution in [2.75, 3.05) is 5.32 Å². The summed E-state index contributed by atoms with van der Waals surface area (Å²) in [4.78, 5) is 10.7. The fourth-order valence-corrected chi connectivity index (χ4v) is 2.08. The molecule has 0 radical (unpaired) electrons. The molecular weight excluding hydrogens is 255 g/mol. The van der Waals surface area contributed by atoms with Gasteiger partial charge in [0.15, 0.2) is 0 Å². The third-order valence-electron chi connectivity index (χ3n) is 3.05. The molecule has 0 bridgehead atoms. The molecule has 4 heteroatoms. The number of aryl methyl sites for hydroxylation is 1. The predicted octanol–water partition coefficient (Wildman–Crippen LogP) is 3.94. The van der Waals surface area contributed by atoms with Gasteiger partial charge in [0.1, 0.15) is 5.82 Å². The van der Waals surface area contributed by atoms with Gasteiger partial charge in [-0.3, -0.25) is 0 Å². The zero-order valence-electron chi connectivity index (χ0n) is 11.3. The fourth-order valence-electron chi connectivity index (χ4n) is 2.08. The summed E-state index contributed by atoms with van der Waals surface area (Å²) in [5.41, 5.74) is 8.03. The third kappa shape index (κ3) is 3.35. The number of anilines is 1. The highest BCUT2D eigenvalue weighted by Crippen LogP contribution is 2.24. The largest absolute Gasteiger partial charge is 0.351 e. The minimum atomic E-state index is -0.777. The number of urea groups is 1. The van der Waals surface area contributed by atoms with E-state index in [-0.39, 0.29) is 5.69 Å². The Hall–Kier alpha value is -2.36. The first-order chi connectivity index (χ1) is 9.60. The van der Waals surface area contributed by atoms with Crippen LogP contribution in [0.3, 0.4) is 0 Å². The number of hydrogen-bond donors (Lipinski definition) is 2. The van der Waals surface area contributed by atoms with Crippen molar-refractivity contribution in [3.8, 4) is 11.1 Å². The molecule has 0 atom stereocenters. The highest BCUT2D eigenvalue weighted by molar-refractivity contribution is 5.88. The highest BCUT2D eigenvalue weighted by Gasteiger charge is 2.06. The van der Waals surface area contributed by atoms with E-state index in [2.05, 4.69) is 12.2 Å². The van der Waals surface area contributed by atoms with Crippen LogP contribution in [0.5, 0.6) is 0 Å². The molecular formula is C16H17FN2O. The van der Waals surface area contributed by atoms with Gasteiger partial charge in [0.2, 0.25) is 0 Å². The van der Waals surface area contributed by atoms with Crippen molar-refractivity contribution in [2.24, 2.45) is 5.73 Å². The van der Waals surface area contributed by atoms with Crippen molar-refractivity contribution in [1.82, 2.24) is 0 Å². The lowest BCUT2D eigenvalue weighted by Crippen LogP contribution is -2.19. The summed E-state index contributed by atoms with van der Waals surface area (Å²) in [6.07, 6.45) is 2.14. The van der Waals surface area contributed by atoms with Crippen LogP contribution in [0, 0.1) is 5.82 Å². The van der Waals surface area contributed by atoms with Crippen molar-refractivity contribution in [1.29, 1.82) is 0 Å². The van der Waals surface area contributed by atoms with Gasteiger partial charge in [-0.15, -0.1) is 0 Å². The van der Waals surface area contributed by atoms with E-state index < -0.39 is 11.8 Å². The maximum absolute atomic E-state index is 13.8. The van der Waals surface area contributed by atoms with Gasteiger partial charge >= 0.3 is 6.03 Å². The van der Waals surface area contributed by atoms with Crippen LogP contribution in [-0.2, 0) is 6.42 Å². The Balaban J connectivity index is 2.24. The van der Waals surface area contributed by atoms with Crippen LogP contribution in [0.15, 0.2) is 42.5 Å². The molecule has 0 saturated heterocycles. The number of nitrogens with two attached hydrogens (primary N) is 1. The Morgan fingerprint density at radius 3 is 2.35 bits per heavy atom. The summed E-state index contributed by atoms with van der Waals surface area (Å²) in [5, 5.41) is 2.24. The molecule has 104 valence electrons. The first kappa shape index (κ1) is 14.1. The molecule has 3 N–H and O–H groups in total. The molecule has 0 aliphatic rings. The second-order valence-corrected chi connectivity index (χ2v) is 4.63. The van der Waals surface area contributed by atoms with Crippen molar-refractivity contribution in [2.45, 2.75) is 19.8 Å². The summed E-state index contributed by atoms with van der Waals surface area (Å²) in [5.74, 6) is -0.501. The Kier molecular flexibility index (Phi) is 4.35. The van der Waals surface area contributed by atoms with Gasteiger partial charge < -0.3 is 11.1 Å². The van der Waals surface area contributed by atoms with Crippen molar-refractivity contribution in [3.63, 3.8) is 0 Å². The molecule has 2 aromatic rings. The smallest absolute Gasteiger partial charge is 0.316 e. The summed E-state index contributed by atoms with van der Waals surface area (Å²) < 4.78 is 13.8. The van der Waals surface area contributed by atoms with E-state index in [1.807, 2.05) is 24.3 Å². The summed E-state index contributed by atoms with van der Waals surface area (Å²) >= 11 is 0. The Morgan fingerprint density at radius 1 is 1.15 bits per heavy atom. The van der Waals surface area contributed by atoms with E-state index in [0.717, 1.165) is 24.0 Å². The lowest BCUT2D eigenvalue weighted by molar-refractivity contribution is 0.259. The number of halogens is 1. The van der Waals surface area contributed by atoms with E-state index >= 15 is 0 Å². The van der Waals surface area contributed by atoms with E-state index in [9.17, 15) is 9.18 Å². The van der Waals surface area contributed by atoms with E-state index in [0.29, 0.717) is 0 Å². The molecule has 0 saturated carbocycles. The average Bonchev–Trinajstić information content (AvgIpc) is 2.42. The lowest BCUT2D eigenvalue weighted by atomic mass is 10.0.